The first-order valence-corrected chi connectivity index (χ1v) is 4.36. The van der Waals surface area contributed by atoms with Gasteiger partial charge in [-0.15, -0.1) is 0 Å². The summed E-state index contributed by atoms with van der Waals surface area (Å²) in [5.41, 5.74) is 0. The molecule has 0 N–H and O–H groups in total. The van der Waals surface area contributed by atoms with Gasteiger partial charge in [0.25, 0.3) is 0 Å². The van der Waals surface area contributed by atoms with E-state index in [2.05, 4.69) is 0 Å². The Morgan fingerprint density at radius 2 is 1.10 bits per heavy atom. The van der Waals surface area contributed by atoms with E-state index in [0.29, 0.717) is 0 Å². The van der Waals surface area contributed by atoms with Gasteiger partial charge in [0.2, 0.25) is 0 Å². The summed E-state index contributed by atoms with van der Waals surface area (Å²) in [6.07, 6.45) is 0. The van der Waals surface area contributed by atoms with E-state index < -0.39 is 27.8 Å². The van der Waals surface area contributed by atoms with Crippen LogP contribution in [-0.2, 0) is 26.4 Å². The average Bonchev–Trinajstić information content (AvgIpc) is 1.25. The van der Waals surface area contributed by atoms with Crippen LogP contribution in [0.5, 0.6) is 0 Å². The van der Waals surface area contributed by atoms with Crippen molar-refractivity contribution in [1.29, 1.82) is 0 Å². The Bertz CT molecular complexity index is 73.7. The molecule has 0 heterocycles. The molecule has 6 nitrogen and oxygen atoms in total. The molecule has 0 saturated carbocycles. The molecule has 0 atom stereocenters. The summed E-state index contributed by atoms with van der Waals surface area (Å²) in [6.45, 7) is 0. The first-order valence-electron chi connectivity index (χ1n) is 1.22. The zero-order valence-corrected chi connectivity index (χ0v) is 11.8. The van der Waals surface area contributed by atoms with E-state index >= 15 is 0 Å². The molecule has 0 aliphatic rings. The van der Waals surface area contributed by atoms with Crippen LogP contribution in [0.15, 0.2) is 0 Å². The van der Waals surface area contributed by atoms with Gasteiger partial charge >= 0.3 is 105 Å². The van der Waals surface area contributed by atoms with Gasteiger partial charge in [-0.2, -0.15) is 0 Å². The number of hydrogen-bond acceptors (Lipinski definition) is 6. The van der Waals surface area contributed by atoms with Crippen molar-refractivity contribution in [2.24, 2.45) is 0 Å². The predicted molar refractivity (Wildman–Crippen MR) is 18.6 cm³/mol. The van der Waals surface area contributed by atoms with Crippen LogP contribution in [0, 0.1) is 0 Å². The monoisotopic (exact) mass is 252 g/mol. The fourth-order valence-electron chi connectivity index (χ4n) is 0. The van der Waals surface area contributed by atoms with Gasteiger partial charge in [-0.25, -0.2) is 0 Å². The molecule has 0 rings (SSSR count). The molecule has 0 bridgehead atoms. The van der Waals surface area contributed by atoms with Crippen molar-refractivity contribution in [3.63, 3.8) is 0 Å². The Morgan fingerprint density at radius 3 is 1.10 bits per heavy atom. The summed E-state index contributed by atoms with van der Waals surface area (Å²) >= 11 is -4.08. The molecule has 0 aromatic heterocycles. The van der Waals surface area contributed by atoms with Gasteiger partial charge in [-0.05, 0) is 0 Å². The Labute approximate surface area is 125 Å². The van der Waals surface area contributed by atoms with Crippen LogP contribution in [0.3, 0.4) is 0 Å². The normalized spacial score (nSPS) is 5.00. The van der Waals surface area contributed by atoms with Crippen LogP contribution in [0.25, 0.3) is 0 Å². The standard InChI is InChI=1S/2Ca.O3Si.3O.Ti/c;;1-4(2)3;;;;/q2*+2;-2;;2*-1;. The van der Waals surface area contributed by atoms with Gasteiger partial charge in [0.05, 0.1) is 0 Å². The Kier molecular flexibility index (Phi) is 40.3. The van der Waals surface area contributed by atoms with Crippen molar-refractivity contribution in [2.75, 3.05) is 0 Å². The second-order valence-corrected chi connectivity index (χ2v) is 1.78. The third-order valence-corrected chi connectivity index (χ3v) is 0. The molecule has 0 saturated heterocycles. The predicted octanol–water partition coefficient (Wildman–Crippen LogP) is -6.14. The van der Waals surface area contributed by atoms with Crippen LogP contribution in [-0.4, -0.2) is 84.6 Å². The van der Waals surface area contributed by atoms with E-state index in [9.17, 15) is 0 Å². The Morgan fingerprint density at radius 1 is 1.10 bits per heavy atom. The van der Waals surface area contributed by atoms with E-state index in [4.69, 9.17) is 24.8 Å². The molecule has 0 radical (unpaired) electrons. The van der Waals surface area contributed by atoms with Crippen LogP contribution in [0.2, 0.25) is 0 Å². The molecular formula is Ca2O6SiTi. The van der Waals surface area contributed by atoms with Crippen molar-refractivity contribution in [2.45, 2.75) is 0 Å². The summed E-state index contributed by atoms with van der Waals surface area (Å²) in [6, 6.07) is 0. The summed E-state index contributed by atoms with van der Waals surface area (Å²) < 4.78 is 34.3. The molecule has 0 fully saturated rings. The van der Waals surface area contributed by atoms with Crippen molar-refractivity contribution in [3.8, 4) is 0 Å². The minimum absolute atomic E-state index is 0. The molecule has 10 heteroatoms. The maximum absolute atomic E-state index is 8.58. The van der Waals surface area contributed by atoms with Crippen LogP contribution in [0.4, 0.5) is 0 Å². The second kappa shape index (κ2) is 17.6. The molecule has 0 unspecified atom stereocenters. The van der Waals surface area contributed by atoms with E-state index in [-0.39, 0.29) is 75.5 Å². The van der Waals surface area contributed by atoms with Crippen molar-refractivity contribution in [1.82, 2.24) is 0 Å². The van der Waals surface area contributed by atoms with Crippen molar-refractivity contribution >= 4 is 84.6 Å². The fourth-order valence-corrected chi connectivity index (χ4v) is 0. The summed E-state index contributed by atoms with van der Waals surface area (Å²) in [7, 11) is -3.63. The average molecular weight is 252 g/mol. The molecule has 0 amide bonds. The van der Waals surface area contributed by atoms with Crippen molar-refractivity contribution < 1.29 is 43.4 Å². The van der Waals surface area contributed by atoms with Gasteiger partial charge in [0, 0.05) is 9.17 Å². The molecule has 0 spiro atoms. The molecule has 0 aliphatic heterocycles. The minimum atomic E-state index is -4.08. The van der Waals surface area contributed by atoms with E-state index in [0.717, 1.165) is 0 Å². The van der Waals surface area contributed by atoms with Gasteiger partial charge in [0.1, 0.15) is 0 Å². The summed E-state index contributed by atoms with van der Waals surface area (Å²) in [4.78, 5) is 17.0. The number of hydrogen-bond donors (Lipinski definition) is 0. The van der Waals surface area contributed by atoms with E-state index in [1.54, 1.807) is 0 Å². The first kappa shape index (κ1) is 22.9. The molecular weight excluding hydrogens is 252 g/mol. The molecule has 48 valence electrons. The topological polar surface area (TPSA) is 126 Å². The Hall–Kier alpha value is 2.57. The third kappa shape index (κ3) is 147. The van der Waals surface area contributed by atoms with Gasteiger partial charge in [0.15, 0.2) is 0 Å². The zero-order valence-electron chi connectivity index (χ0n) is 4.86. The SMILES string of the molecule is O=[Si]([O-])[O-].[Ca+2].[Ca+2].[O]=[Ti]([O-])[O-]. The van der Waals surface area contributed by atoms with Gasteiger partial charge in [-0.1, -0.05) is 0 Å². The van der Waals surface area contributed by atoms with Crippen molar-refractivity contribution in [3.05, 3.63) is 0 Å². The molecule has 0 aromatic carbocycles. The third-order valence-electron chi connectivity index (χ3n) is 0. The maximum atomic E-state index is 8.58. The van der Waals surface area contributed by atoms with Crippen LogP contribution < -0.4 is 17.0 Å². The molecule has 0 aliphatic carbocycles. The van der Waals surface area contributed by atoms with E-state index in [1.165, 1.54) is 0 Å². The molecule has 10 heavy (non-hydrogen) atoms. The summed E-state index contributed by atoms with van der Waals surface area (Å²) in [5.74, 6) is 0. The van der Waals surface area contributed by atoms with E-state index in [1.807, 2.05) is 0 Å². The summed E-state index contributed by atoms with van der Waals surface area (Å²) in [5, 5.41) is 0. The van der Waals surface area contributed by atoms with Gasteiger partial charge in [-0.3, -0.25) is 0 Å². The van der Waals surface area contributed by atoms with Gasteiger partial charge < -0.3 is 14.1 Å². The molecule has 0 aromatic rings. The second-order valence-electron chi connectivity index (χ2n) is 0.500. The Balaban J connectivity index is -0.0000000300. The first-order chi connectivity index (χ1) is 3.46. The quantitative estimate of drug-likeness (QED) is 0.395. The fraction of sp³-hybridized carbons (Fsp3) is 0. The number of rotatable bonds is 0. The zero-order chi connectivity index (χ0) is 7.15. The van der Waals surface area contributed by atoms with Crippen LogP contribution in [0.1, 0.15) is 0 Å². The van der Waals surface area contributed by atoms with Crippen LogP contribution >= 0.6 is 0 Å².